The lowest BCUT2D eigenvalue weighted by molar-refractivity contribution is -0.139. The van der Waals surface area contributed by atoms with Crippen LogP contribution in [0.5, 0.6) is 0 Å². The standard InChI is InChI=1S/C23H29ClFN3O4S/c1-4-5-14-26-23(30)17(2)27(15-18-8-6-7-9-21(18)25)22(29)16-28(33(3,31)32)20-12-10-19(24)11-13-20/h6-13,17H,4-5,14-16H2,1-3H3,(H,26,30)/t17-/m1/s1. The first-order valence-corrected chi connectivity index (χ1v) is 12.8. The lowest BCUT2D eigenvalue weighted by Crippen LogP contribution is -2.51. The molecule has 0 bridgehead atoms. The molecule has 7 nitrogen and oxygen atoms in total. The smallest absolute Gasteiger partial charge is 0.244 e. The number of amides is 2. The van der Waals surface area contributed by atoms with E-state index in [1.165, 1.54) is 54.3 Å². The average molecular weight is 498 g/mol. The molecular formula is C23H29ClFN3O4S. The second-order valence-corrected chi connectivity index (χ2v) is 10.0. The molecule has 0 aromatic heterocycles. The van der Waals surface area contributed by atoms with Crippen LogP contribution in [-0.4, -0.2) is 50.5 Å². The highest BCUT2D eigenvalue weighted by Gasteiger charge is 2.30. The topological polar surface area (TPSA) is 86.8 Å². The number of unbranched alkanes of at least 4 members (excludes halogenated alkanes) is 1. The summed E-state index contributed by atoms with van der Waals surface area (Å²) < 4.78 is 40.2. The number of hydrogen-bond donors (Lipinski definition) is 1. The zero-order chi connectivity index (χ0) is 24.6. The van der Waals surface area contributed by atoms with E-state index in [0.717, 1.165) is 23.4 Å². The highest BCUT2D eigenvalue weighted by molar-refractivity contribution is 7.92. The number of nitrogens with zero attached hydrogens (tertiary/aromatic N) is 2. The lowest BCUT2D eigenvalue weighted by Gasteiger charge is -2.31. The minimum Gasteiger partial charge on any atom is -0.354 e. The Morgan fingerprint density at radius 1 is 1.12 bits per heavy atom. The van der Waals surface area contributed by atoms with Crippen molar-refractivity contribution >= 4 is 39.1 Å². The number of nitrogens with one attached hydrogen (secondary N) is 1. The van der Waals surface area contributed by atoms with Crippen LogP contribution >= 0.6 is 11.6 Å². The van der Waals surface area contributed by atoms with Gasteiger partial charge in [-0.2, -0.15) is 0 Å². The molecule has 0 fully saturated rings. The van der Waals surface area contributed by atoms with E-state index in [0.29, 0.717) is 11.6 Å². The fourth-order valence-corrected chi connectivity index (χ4v) is 4.13. The van der Waals surface area contributed by atoms with Gasteiger partial charge in [-0.1, -0.05) is 43.1 Å². The van der Waals surface area contributed by atoms with Crippen molar-refractivity contribution in [3.63, 3.8) is 0 Å². The Balaban J connectivity index is 2.35. The molecule has 0 radical (unpaired) electrons. The maximum Gasteiger partial charge on any atom is 0.244 e. The summed E-state index contributed by atoms with van der Waals surface area (Å²) >= 11 is 5.90. The van der Waals surface area contributed by atoms with Gasteiger partial charge in [-0.25, -0.2) is 12.8 Å². The molecule has 2 rings (SSSR count). The summed E-state index contributed by atoms with van der Waals surface area (Å²) in [5.74, 6) is -1.56. The molecule has 180 valence electrons. The molecule has 2 aromatic carbocycles. The Bertz CT molecular complexity index is 1060. The molecule has 10 heteroatoms. The van der Waals surface area contributed by atoms with E-state index in [4.69, 9.17) is 11.6 Å². The summed E-state index contributed by atoms with van der Waals surface area (Å²) in [6.45, 7) is 3.22. The summed E-state index contributed by atoms with van der Waals surface area (Å²) in [4.78, 5) is 27.2. The van der Waals surface area contributed by atoms with Crippen molar-refractivity contribution in [1.82, 2.24) is 10.2 Å². The van der Waals surface area contributed by atoms with Crippen LogP contribution in [0.3, 0.4) is 0 Å². The number of anilines is 1. The second-order valence-electron chi connectivity index (χ2n) is 7.68. The SMILES string of the molecule is CCCCNC(=O)[C@@H](C)N(Cc1ccccc1F)C(=O)CN(c1ccc(Cl)cc1)S(C)(=O)=O. The Kier molecular flexibility index (Phi) is 9.67. The lowest BCUT2D eigenvalue weighted by atomic mass is 10.1. The van der Waals surface area contributed by atoms with Crippen LogP contribution in [0.15, 0.2) is 48.5 Å². The number of rotatable bonds is 11. The van der Waals surface area contributed by atoms with Gasteiger partial charge in [-0.3, -0.25) is 13.9 Å². The zero-order valence-corrected chi connectivity index (χ0v) is 20.5. The minimum absolute atomic E-state index is 0.188. The first-order valence-electron chi connectivity index (χ1n) is 10.6. The predicted octanol–water partition coefficient (Wildman–Crippen LogP) is 3.58. The Hall–Kier alpha value is -2.65. The molecule has 0 saturated heterocycles. The fourth-order valence-electron chi connectivity index (χ4n) is 3.15. The second kappa shape index (κ2) is 12.0. The van der Waals surface area contributed by atoms with Crippen LogP contribution in [0.25, 0.3) is 0 Å². The van der Waals surface area contributed by atoms with E-state index in [2.05, 4.69) is 5.32 Å². The molecule has 2 aromatic rings. The Labute approximate surface area is 199 Å². The molecule has 2 amide bonds. The summed E-state index contributed by atoms with van der Waals surface area (Å²) in [5, 5.41) is 3.18. The van der Waals surface area contributed by atoms with Crippen molar-refractivity contribution < 1.29 is 22.4 Å². The number of carbonyl (C=O) groups excluding carboxylic acids is 2. The van der Waals surface area contributed by atoms with Crippen LogP contribution in [0.2, 0.25) is 5.02 Å². The summed E-state index contributed by atoms with van der Waals surface area (Å²) in [6, 6.07) is 11.0. The third-order valence-corrected chi connectivity index (χ3v) is 6.48. The van der Waals surface area contributed by atoms with Crippen LogP contribution in [0, 0.1) is 5.82 Å². The normalized spacial score (nSPS) is 12.2. The number of halogens is 2. The van der Waals surface area contributed by atoms with Gasteiger partial charge in [-0.15, -0.1) is 0 Å². The van der Waals surface area contributed by atoms with Gasteiger partial charge in [-0.05, 0) is 43.7 Å². The van der Waals surface area contributed by atoms with Crippen LogP contribution in [0.1, 0.15) is 32.3 Å². The van der Waals surface area contributed by atoms with E-state index in [-0.39, 0.29) is 17.8 Å². The molecule has 0 spiro atoms. The molecule has 1 N–H and O–H groups in total. The number of carbonyl (C=O) groups is 2. The summed E-state index contributed by atoms with van der Waals surface area (Å²) in [7, 11) is -3.84. The molecule has 0 saturated carbocycles. The molecular weight excluding hydrogens is 469 g/mol. The molecule has 0 aliphatic heterocycles. The number of hydrogen-bond acceptors (Lipinski definition) is 4. The third kappa shape index (κ3) is 7.71. The average Bonchev–Trinajstić information content (AvgIpc) is 2.76. The van der Waals surface area contributed by atoms with Gasteiger partial charge in [0.15, 0.2) is 0 Å². The van der Waals surface area contributed by atoms with E-state index < -0.39 is 40.2 Å². The van der Waals surface area contributed by atoms with Gasteiger partial charge >= 0.3 is 0 Å². The van der Waals surface area contributed by atoms with E-state index >= 15 is 0 Å². The van der Waals surface area contributed by atoms with Crippen molar-refractivity contribution in [2.24, 2.45) is 0 Å². The zero-order valence-electron chi connectivity index (χ0n) is 18.9. The quantitative estimate of drug-likeness (QED) is 0.481. The molecule has 0 unspecified atom stereocenters. The van der Waals surface area contributed by atoms with Gasteiger partial charge in [0.1, 0.15) is 18.4 Å². The minimum atomic E-state index is -3.84. The van der Waals surface area contributed by atoms with Crippen molar-refractivity contribution in [1.29, 1.82) is 0 Å². The fraction of sp³-hybridized carbons (Fsp3) is 0.391. The maximum atomic E-state index is 14.3. The van der Waals surface area contributed by atoms with Gasteiger partial charge in [0.05, 0.1) is 11.9 Å². The molecule has 0 aliphatic rings. The highest BCUT2D eigenvalue weighted by Crippen LogP contribution is 2.21. The van der Waals surface area contributed by atoms with Crippen LogP contribution in [-0.2, 0) is 26.2 Å². The largest absolute Gasteiger partial charge is 0.354 e. The molecule has 0 heterocycles. The monoisotopic (exact) mass is 497 g/mol. The van der Waals surface area contributed by atoms with Crippen molar-refractivity contribution in [3.8, 4) is 0 Å². The number of benzene rings is 2. The van der Waals surface area contributed by atoms with Crippen LogP contribution < -0.4 is 9.62 Å². The summed E-state index contributed by atoms with van der Waals surface area (Å²) in [5.41, 5.74) is 0.470. The molecule has 33 heavy (non-hydrogen) atoms. The Morgan fingerprint density at radius 3 is 2.33 bits per heavy atom. The van der Waals surface area contributed by atoms with Crippen LogP contribution in [0.4, 0.5) is 10.1 Å². The third-order valence-electron chi connectivity index (χ3n) is 5.09. The maximum absolute atomic E-state index is 14.3. The predicted molar refractivity (Wildman–Crippen MR) is 128 cm³/mol. The van der Waals surface area contributed by atoms with Gasteiger partial charge in [0, 0.05) is 23.7 Å². The van der Waals surface area contributed by atoms with Crippen molar-refractivity contribution in [2.75, 3.05) is 23.7 Å². The Morgan fingerprint density at radius 2 is 1.76 bits per heavy atom. The van der Waals surface area contributed by atoms with E-state index in [9.17, 15) is 22.4 Å². The van der Waals surface area contributed by atoms with Gasteiger partial charge in [0.25, 0.3) is 0 Å². The molecule has 1 atom stereocenters. The highest BCUT2D eigenvalue weighted by atomic mass is 35.5. The van der Waals surface area contributed by atoms with E-state index in [1.54, 1.807) is 6.07 Å². The van der Waals surface area contributed by atoms with Gasteiger partial charge in [0.2, 0.25) is 21.8 Å². The number of sulfonamides is 1. The van der Waals surface area contributed by atoms with Crippen molar-refractivity contribution in [3.05, 3.63) is 64.9 Å². The van der Waals surface area contributed by atoms with Gasteiger partial charge < -0.3 is 10.2 Å². The van der Waals surface area contributed by atoms with E-state index in [1.807, 2.05) is 6.92 Å². The van der Waals surface area contributed by atoms with Crippen molar-refractivity contribution in [2.45, 2.75) is 39.3 Å². The first-order chi connectivity index (χ1) is 15.5. The first kappa shape index (κ1) is 26.6. The summed E-state index contributed by atoms with van der Waals surface area (Å²) in [6.07, 6.45) is 2.64. The molecule has 0 aliphatic carbocycles.